The number of para-hydroxylation sites is 1. The van der Waals surface area contributed by atoms with E-state index in [0.29, 0.717) is 29.9 Å². The number of benzene rings is 1. The maximum absolute atomic E-state index is 13.3. The topological polar surface area (TPSA) is 74.8 Å². The Morgan fingerprint density at radius 1 is 1.13 bits per heavy atom. The number of nitrogens with one attached hydrogen (secondary N) is 1. The van der Waals surface area contributed by atoms with E-state index >= 15 is 0 Å². The molecule has 164 valence electrons. The summed E-state index contributed by atoms with van der Waals surface area (Å²) in [7, 11) is 0. The van der Waals surface area contributed by atoms with Gasteiger partial charge in [0.1, 0.15) is 5.69 Å². The normalized spacial score (nSPS) is 20.3. The van der Waals surface area contributed by atoms with E-state index < -0.39 is 0 Å². The number of ether oxygens (including phenoxy) is 1. The highest BCUT2D eigenvalue weighted by Crippen LogP contribution is 2.34. The van der Waals surface area contributed by atoms with Crippen molar-refractivity contribution in [2.24, 2.45) is 0 Å². The van der Waals surface area contributed by atoms with Gasteiger partial charge in [0.2, 0.25) is 0 Å². The fraction of sp³-hybridized carbons (Fsp3) is 0.542. The Hall–Kier alpha value is -2.51. The van der Waals surface area contributed by atoms with Gasteiger partial charge in [0, 0.05) is 49.7 Å². The molecule has 3 heterocycles. The number of hydrogen-bond acceptors (Lipinski definition) is 5. The van der Waals surface area contributed by atoms with Crippen LogP contribution >= 0.6 is 0 Å². The standard InChI is InChI=1S/C24H30N4O3/c29-23(25-10-11-27-12-14-31-15-13-27)21-18-8-4-5-9-20(18)26-22-19(21)16-28(24(22)30)17-6-2-1-3-7-17/h4-5,8-9,17H,1-3,6-7,10-16H2,(H,25,29). The number of pyridine rings is 1. The molecule has 1 N–H and O–H groups in total. The van der Waals surface area contributed by atoms with Gasteiger partial charge in [0.25, 0.3) is 11.8 Å². The summed E-state index contributed by atoms with van der Waals surface area (Å²) in [5.74, 6) is -0.128. The minimum Gasteiger partial charge on any atom is -0.379 e. The quantitative estimate of drug-likeness (QED) is 0.802. The van der Waals surface area contributed by atoms with Crippen LogP contribution in [-0.2, 0) is 11.3 Å². The predicted molar refractivity (Wildman–Crippen MR) is 118 cm³/mol. The molecule has 2 amide bonds. The van der Waals surface area contributed by atoms with Gasteiger partial charge < -0.3 is 15.0 Å². The molecule has 3 aliphatic rings. The molecule has 0 spiro atoms. The molecule has 0 radical (unpaired) electrons. The fourth-order valence-electron chi connectivity index (χ4n) is 5.15. The summed E-state index contributed by atoms with van der Waals surface area (Å²) in [6, 6.07) is 7.91. The average Bonchev–Trinajstić information content (AvgIpc) is 3.14. The largest absolute Gasteiger partial charge is 0.379 e. The van der Waals surface area contributed by atoms with E-state index in [1.54, 1.807) is 0 Å². The van der Waals surface area contributed by atoms with Crippen molar-refractivity contribution in [2.45, 2.75) is 44.7 Å². The lowest BCUT2D eigenvalue weighted by Gasteiger charge is -2.30. The Morgan fingerprint density at radius 3 is 2.71 bits per heavy atom. The van der Waals surface area contributed by atoms with E-state index in [9.17, 15) is 9.59 Å². The van der Waals surface area contributed by atoms with Crippen LogP contribution in [0.3, 0.4) is 0 Å². The number of rotatable bonds is 5. The Balaban J connectivity index is 1.41. The number of nitrogens with zero attached hydrogens (tertiary/aromatic N) is 3. The van der Waals surface area contributed by atoms with Crippen LogP contribution in [0, 0.1) is 0 Å². The van der Waals surface area contributed by atoms with Crippen LogP contribution in [-0.4, -0.2) is 72.0 Å². The van der Waals surface area contributed by atoms with Gasteiger partial charge in [0.05, 0.1) is 24.3 Å². The summed E-state index contributed by atoms with van der Waals surface area (Å²) >= 11 is 0. The number of amides is 2. The fourth-order valence-corrected chi connectivity index (χ4v) is 5.15. The molecule has 1 aliphatic carbocycles. The summed E-state index contributed by atoms with van der Waals surface area (Å²) in [6.45, 7) is 5.15. The lowest BCUT2D eigenvalue weighted by Crippen LogP contribution is -2.41. The first-order chi connectivity index (χ1) is 15.2. The van der Waals surface area contributed by atoms with E-state index in [1.807, 2.05) is 29.2 Å². The minimum atomic E-state index is -0.110. The summed E-state index contributed by atoms with van der Waals surface area (Å²) in [5.41, 5.74) is 2.58. The number of hydrogen-bond donors (Lipinski definition) is 1. The van der Waals surface area contributed by atoms with Crippen molar-refractivity contribution in [1.29, 1.82) is 0 Å². The van der Waals surface area contributed by atoms with Gasteiger partial charge in [-0.15, -0.1) is 0 Å². The highest BCUT2D eigenvalue weighted by atomic mass is 16.5. The summed E-state index contributed by atoms with van der Waals surface area (Å²) in [4.78, 5) is 35.5. The van der Waals surface area contributed by atoms with Gasteiger partial charge in [-0.05, 0) is 18.9 Å². The van der Waals surface area contributed by atoms with Gasteiger partial charge >= 0.3 is 0 Å². The lowest BCUT2D eigenvalue weighted by atomic mass is 9.94. The van der Waals surface area contributed by atoms with Crippen molar-refractivity contribution in [1.82, 2.24) is 20.1 Å². The predicted octanol–water partition coefficient (Wildman–Crippen LogP) is 2.59. The molecule has 0 unspecified atom stereocenters. The van der Waals surface area contributed by atoms with E-state index in [-0.39, 0.29) is 17.9 Å². The smallest absolute Gasteiger partial charge is 0.273 e. The molecule has 1 aromatic heterocycles. The molecule has 0 bridgehead atoms. The zero-order valence-corrected chi connectivity index (χ0v) is 17.9. The Labute approximate surface area is 182 Å². The molecule has 7 nitrogen and oxygen atoms in total. The van der Waals surface area contributed by atoms with Gasteiger partial charge in [-0.3, -0.25) is 14.5 Å². The monoisotopic (exact) mass is 422 g/mol. The molecule has 1 saturated carbocycles. The van der Waals surface area contributed by atoms with Crippen molar-refractivity contribution in [2.75, 3.05) is 39.4 Å². The maximum atomic E-state index is 13.3. The first-order valence-corrected chi connectivity index (χ1v) is 11.5. The van der Waals surface area contributed by atoms with Crippen LogP contribution in [0.25, 0.3) is 10.9 Å². The van der Waals surface area contributed by atoms with Crippen LogP contribution in [0.4, 0.5) is 0 Å². The summed E-state index contributed by atoms with van der Waals surface area (Å²) in [5, 5.41) is 3.92. The minimum absolute atomic E-state index is 0.0185. The van der Waals surface area contributed by atoms with Crippen molar-refractivity contribution in [3.63, 3.8) is 0 Å². The zero-order valence-electron chi connectivity index (χ0n) is 17.9. The van der Waals surface area contributed by atoms with Gasteiger partial charge in [-0.1, -0.05) is 37.5 Å². The molecular formula is C24H30N4O3. The zero-order chi connectivity index (χ0) is 21.2. The SMILES string of the molecule is O=C(NCCN1CCOCC1)c1c2c(nc3ccccc13)C(=O)N(C1CCCCC1)C2. The second-order valence-corrected chi connectivity index (χ2v) is 8.77. The third-order valence-corrected chi connectivity index (χ3v) is 6.84. The summed E-state index contributed by atoms with van der Waals surface area (Å²) < 4.78 is 5.39. The van der Waals surface area contributed by atoms with Crippen molar-refractivity contribution < 1.29 is 14.3 Å². The van der Waals surface area contributed by atoms with Crippen molar-refractivity contribution in [3.05, 3.63) is 41.1 Å². The second kappa shape index (κ2) is 8.93. The van der Waals surface area contributed by atoms with E-state index in [2.05, 4.69) is 15.2 Å². The number of carbonyl (C=O) groups excluding carboxylic acids is 2. The first kappa shape index (κ1) is 20.4. The molecule has 2 aromatic rings. The van der Waals surface area contributed by atoms with E-state index in [4.69, 9.17) is 4.74 Å². The molecule has 1 saturated heterocycles. The van der Waals surface area contributed by atoms with Gasteiger partial charge in [-0.2, -0.15) is 0 Å². The van der Waals surface area contributed by atoms with Crippen molar-refractivity contribution >= 4 is 22.7 Å². The number of carbonyl (C=O) groups is 2. The molecule has 2 fully saturated rings. The molecule has 1 aromatic carbocycles. The van der Waals surface area contributed by atoms with E-state index in [1.165, 1.54) is 6.42 Å². The lowest BCUT2D eigenvalue weighted by molar-refractivity contribution is 0.0383. The maximum Gasteiger partial charge on any atom is 0.273 e. The van der Waals surface area contributed by atoms with Crippen LogP contribution < -0.4 is 5.32 Å². The second-order valence-electron chi connectivity index (χ2n) is 8.77. The Kier molecular flexibility index (Phi) is 5.87. The van der Waals surface area contributed by atoms with Gasteiger partial charge in [0.15, 0.2) is 0 Å². The highest BCUT2D eigenvalue weighted by molar-refractivity contribution is 6.11. The number of aromatic nitrogens is 1. The van der Waals surface area contributed by atoms with Gasteiger partial charge in [-0.25, -0.2) is 4.98 Å². The molecule has 0 atom stereocenters. The number of morpholine rings is 1. The van der Waals surface area contributed by atoms with Crippen molar-refractivity contribution in [3.8, 4) is 0 Å². The Morgan fingerprint density at radius 2 is 1.90 bits per heavy atom. The first-order valence-electron chi connectivity index (χ1n) is 11.5. The highest BCUT2D eigenvalue weighted by Gasteiger charge is 2.37. The van der Waals surface area contributed by atoms with Crippen LogP contribution in [0.15, 0.2) is 24.3 Å². The number of fused-ring (bicyclic) bond motifs is 2. The molecule has 2 aliphatic heterocycles. The Bertz CT molecular complexity index is 980. The van der Waals surface area contributed by atoms with Crippen LogP contribution in [0.2, 0.25) is 0 Å². The van der Waals surface area contributed by atoms with E-state index in [0.717, 1.165) is 69.5 Å². The summed E-state index contributed by atoms with van der Waals surface area (Å²) in [6.07, 6.45) is 5.65. The molecule has 5 rings (SSSR count). The molecular weight excluding hydrogens is 392 g/mol. The van der Waals surface area contributed by atoms with Crippen LogP contribution in [0.1, 0.15) is 58.5 Å². The third kappa shape index (κ3) is 4.04. The molecule has 31 heavy (non-hydrogen) atoms. The van der Waals surface area contributed by atoms with Crippen LogP contribution in [0.5, 0.6) is 0 Å². The molecule has 7 heteroatoms. The third-order valence-electron chi connectivity index (χ3n) is 6.84. The average molecular weight is 423 g/mol.